The van der Waals surface area contributed by atoms with Crippen LogP contribution < -0.4 is 15.4 Å². The highest BCUT2D eigenvalue weighted by Gasteiger charge is 2.27. The summed E-state index contributed by atoms with van der Waals surface area (Å²) >= 11 is 6.28. The first-order valence-electron chi connectivity index (χ1n) is 11.4. The van der Waals surface area contributed by atoms with Gasteiger partial charge in [-0.1, -0.05) is 18.0 Å². The van der Waals surface area contributed by atoms with Crippen molar-refractivity contribution in [2.75, 3.05) is 25.0 Å². The Balaban J connectivity index is 1.67. The molecule has 0 bridgehead atoms. The molecule has 0 aliphatic carbocycles. The van der Waals surface area contributed by atoms with Gasteiger partial charge in [0.25, 0.3) is 5.91 Å². The van der Waals surface area contributed by atoms with E-state index in [1.165, 1.54) is 22.5 Å². The van der Waals surface area contributed by atoms with Crippen molar-refractivity contribution in [3.8, 4) is 5.75 Å². The molecule has 3 N–H and O–H groups in total. The number of anilines is 1. The zero-order valence-corrected chi connectivity index (χ0v) is 21.0. The van der Waals surface area contributed by atoms with Crippen LogP contribution in [0, 0.1) is 0 Å². The van der Waals surface area contributed by atoms with E-state index in [9.17, 15) is 13.2 Å². The second kappa shape index (κ2) is 11.3. The number of rotatable bonds is 9. The lowest BCUT2D eigenvalue weighted by atomic mass is 10.1. The Hall–Kier alpha value is -2.13. The average molecular weight is 495 g/mol. The van der Waals surface area contributed by atoms with E-state index in [0.717, 1.165) is 30.6 Å². The Morgan fingerprint density at radius 3 is 2.42 bits per heavy atom. The van der Waals surface area contributed by atoms with E-state index in [1.807, 2.05) is 50.4 Å². The lowest BCUT2D eigenvalue weighted by molar-refractivity contribution is -0.709. The van der Waals surface area contributed by atoms with E-state index in [1.54, 1.807) is 0 Å². The topological polar surface area (TPSA) is 92.3 Å². The first-order valence-corrected chi connectivity index (χ1v) is 13.2. The maximum Gasteiger partial charge on any atom is 0.282 e. The second-order valence-corrected chi connectivity index (χ2v) is 10.7. The van der Waals surface area contributed by atoms with Crippen molar-refractivity contribution in [1.82, 2.24) is 4.31 Å². The van der Waals surface area contributed by atoms with Crippen LogP contribution in [0.2, 0.25) is 5.02 Å². The van der Waals surface area contributed by atoms with Gasteiger partial charge in [0.05, 0.1) is 22.2 Å². The quantitative estimate of drug-likeness (QED) is 0.557. The van der Waals surface area contributed by atoms with Crippen molar-refractivity contribution in [2.24, 2.45) is 0 Å². The van der Waals surface area contributed by atoms with E-state index in [-0.39, 0.29) is 16.8 Å². The third-order valence-corrected chi connectivity index (χ3v) is 8.08. The van der Waals surface area contributed by atoms with Crippen LogP contribution in [0.25, 0.3) is 0 Å². The molecule has 1 amide bonds. The number of nitrogens with two attached hydrogens (primary N) is 1. The number of carbonyl (C=O) groups excluding carboxylic acids is 1. The minimum Gasteiger partial charge on any atom is -0.494 e. The molecular formula is C24H33ClN3O4S+. The van der Waals surface area contributed by atoms with Crippen molar-refractivity contribution < 1.29 is 23.3 Å². The molecule has 1 heterocycles. The Morgan fingerprint density at radius 2 is 1.79 bits per heavy atom. The van der Waals surface area contributed by atoms with Crippen molar-refractivity contribution in [2.45, 2.75) is 57.0 Å². The molecule has 1 saturated heterocycles. The van der Waals surface area contributed by atoms with Gasteiger partial charge in [-0.05, 0) is 76.1 Å². The number of nitrogens with zero attached hydrogens (tertiary/aromatic N) is 1. The molecule has 2 aromatic carbocycles. The molecule has 2 aromatic rings. The van der Waals surface area contributed by atoms with Gasteiger partial charge in [0.2, 0.25) is 10.0 Å². The number of hydrogen-bond acceptors (Lipinski definition) is 4. The molecule has 0 spiro atoms. The van der Waals surface area contributed by atoms with Crippen LogP contribution in [-0.4, -0.2) is 44.4 Å². The number of halogens is 1. The van der Waals surface area contributed by atoms with Crippen LogP contribution in [0.4, 0.5) is 5.69 Å². The minimum atomic E-state index is -3.61. The summed E-state index contributed by atoms with van der Waals surface area (Å²) in [5.41, 5.74) is 1.37. The number of sulfonamides is 1. The van der Waals surface area contributed by atoms with E-state index in [0.29, 0.717) is 30.4 Å². The lowest BCUT2D eigenvalue weighted by Gasteiger charge is -2.26. The first-order chi connectivity index (χ1) is 15.7. The fourth-order valence-electron chi connectivity index (χ4n) is 3.93. The molecule has 3 rings (SSSR count). The number of piperidine rings is 1. The molecule has 2 atom stereocenters. The number of nitrogens with one attached hydrogen (secondary N) is 1. The van der Waals surface area contributed by atoms with E-state index < -0.39 is 16.1 Å². The monoisotopic (exact) mass is 494 g/mol. The molecule has 1 aliphatic heterocycles. The van der Waals surface area contributed by atoms with Crippen molar-refractivity contribution in [1.29, 1.82) is 0 Å². The number of hydrogen-bond donors (Lipinski definition) is 2. The van der Waals surface area contributed by atoms with Crippen molar-refractivity contribution in [3.05, 3.63) is 53.1 Å². The minimum absolute atomic E-state index is 0.0442. The number of benzene rings is 2. The molecule has 9 heteroatoms. The largest absolute Gasteiger partial charge is 0.494 e. The van der Waals surface area contributed by atoms with Gasteiger partial charge in [0, 0.05) is 18.7 Å². The SMILES string of the molecule is CCOc1ccc(C(C)[NH2+]C(C)C(=O)Nc2cc(S(=O)(=O)N3CCCCC3)ccc2Cl)cc1. The van der Waals surface area contributed by atoms with Crippen molar-refractivity contribution >= 4 is 33.2 Å². The van der Waals surface area contributed by atoms with E-state index in [2.05, 4.69) is 5.32 Å². The molecular weight excluding hydrogens is 462 g/mol. The predicted molar refractivity (Wildman–Crippen MR) is 130 cm³/mol. The molecule has 180 valence electrons. The molecule has 1 aliphatic rings. The maximum atomic E-state index is 13.0. The van der Waals surface area contributed by atoms with Crippen LogP contribution >= 0.6 is 11.6 Å². The number of carbonyl (C=O) groups is 1. The molecule has 0 saturated carbocycles. The van der Waals surface area contributed by atoms with Gasteiger partial charge in [0.1, 0.15) is 11.8 Å². The van der Waals surface area contributed by atoms with Crippen molar-refractivity contribution in [3.63, 3.8) is 0 Å². The molecule has 7 nitrogen and oxygen atoms in total. The smallest absolute Gasteiger partial charge is 0.282 e. The second-order valence-electron chi connectivity index (χ2n) is 8.37. The van der Waals surface area contributed by atoms with Crippen LogP contribution in [0.1, 0.15) is 51.6 Å². The van der Waals surface area contributed by atoms with Crippen LogP contribution in [-0.2, 0) is 14.8 Å². The fraction of sp³-hybridized carbons (Fsp3) is 0.458. The molecule has 2 unspecified atom stereocenters. The Labute approximate surface area is 201 Å². The van der Waals surface area contributed by atoms with Crippen LogP contribution in [0.5, 0.6) is 5.75 Å². The normalized spacial score (nSPS) is 16.7. The van der Waals surface area contributed by atoms with E-state index >= 15 is 0 Å². The summed E-state index contributed by atoms with van der Waals surface area (Å²) in [4.78, 5) is 13.0. The number of ether oxygens (including phenoxy) is 1. The molecule has 33 heavy (non-hydrogen) atoms. The average Bonchev–Trinajstić information content (AvgIpc) is 2.81. The van der Waals surface area contributed by atoms with Gasteiger partial charge >= 0.3 is 0 Å². The summed E-state index contributed by atoms with van der Waals surface area (Å²) in [6.45, 7) is 7.42. The highest BCUT2D eigenvalue weighted by Crippen LogP contribution is 2.28. The molecule has 1 fully saturated rings. The third kappa shape index (κ3) is 6.47. The summed E-state index contributed by atoms with van der Waals surface area (Å²) in [5, 5.41) is 5.05. The number of quaternary nitrogens is 1. The van der Waals surface area contributed by atoms with Crippen LogP contribution in [0.15, 0.2) is 47.4 Å². The fourth-order valence-corrected chi connectivity index (χ4v) is 5.64. The summed E-state index contributed by atoms with van der Waals surface area (Å²) in [7, 11) is -3.61. The highest BCUT2D eigenvalue weighted by molar-refractivity contribution is 7.89. The third-order valence-electron chi connectivity index (χ3n) is 5.86. The zero-order chi connectivity index (χ0) is 24.0. The highest BCUT2D eigenvalue weighted by atomic mass is 35.5. The van der Waals surface area contributed by atoms with Gasteiger partial charge in [-0.3, -0.25) is 4.79 Å². The predicted octanol–water partition coefficient (Wildman–Crippen LogP) is 3.56. The van der Waals surface area contributed by atoms with Gasteiger partial charge < -0.3 is 15.4 Å². The summed E-state index contributed by atoms with van der Waals surface area (Å²) < 4.78 is 33.0. The van der Waals surface area contributed by atoms with Gasteiger partial charge in [-0.15, -0.1) is 0 Å². The molecule has 0 radical (unpaired) electrons. The van der Waals surface area contributed by atoms with E-state index in [4.69, 9.17) is 16.3 Å². The van der Waals surface area contributed by atoms with Gasteiger partial charge in [-0.2, -0.15) is 4.31 Å². The van der Waals surface area contributed by atoms with Gasteiger partial charge in [-0.25, -0.2) is 8.42 Å². The first kappa shape index (κ1) is 25.5. The van der Waals surface area contributed by atoms with Crippen LogP contribution in [0.3, 0.4) is 0 Å². The Bertz CT molecular complexity index is 1050. The Kier molecular flexibility index (Phi) is 8.75. The standard InChI is InChI=1S/C24H32ClN3O4S/c1-4-32-20-10-8-19(9-11-20)17(2)26-18(3)24(29)27-23-16-21(12-13-22(23)25)33(30,31)28-14-6-5-7-15-28/h8-13,16-18,26H,4-7,14-15H2,1-3H3,(H,27,29)/p+1. The number of amides is 1. The Morgan fingerprint density at radius 1 is 1.12 bits per heavy atom. The summed E-state index contributed by atoms with van der Waals surface area (Å²) in [6.07, 6.45) is 2.75. The molecule has 0 aromatic heterocycles. The van der Waals surface area contributed by atoms with Gasteiger partial charge in [0.15, 0.2) is 6.04 Å². The lowest BCUT2D eigenvalue weighted by Crippen LogP contribution is -2.91. The summed E-state index contributed by atoms with van der Waals surface area (Å²) in [5.74, 6) is 0.565. The maximum absolute atomic E-state index is 13.0. The zero-order valence-electron chi connectivity index (χ0n) is 19.4. The summed E-state index contributed by atoms with van der Waals surface area (Å²) in [6, 6.07) is 11.9.